The number of rotatable bonds is 3. The molecule has 1 fully saturated rings. The van der Waals surface area contributed by atoms with E-state index >= 15 is 0 Å². The molecule has 0 saturated carbocycles. The molecule has 6 nitrogen and oxygen atoms in total. The van der Waals surface area contributed by atoms with Gasteiger partial charge in [0.15, 0.2) is 0 Å². The van der Waals surface area contributed by atoms with Crippen LogP contribution in [0.3, 0.4) is 0 Å². The lowest BCUT2D eigenvalue weighted by molar-refractivity contribution is -0.132. The predicted molar refractivity (Wildman–Crippen MR) is 73.3 cm³/mol. The van der Waals surface area contributed by atoms with Crippen LogP contribution in [0.15, 0.2) is 12.4 Å². The first-order chi connectivity index (χ1) is 9.06. The highest BCUT2D eigenvalue weighted by Crippen LogP contribution is 2.09. The second-order valence-electron chi connectivity index (χ2n) is 5.27. The number of hydrogen-bond acceptors (Lipinski definition) is 4. The van der Waals surface area contributed by atoms with E-state index in [-0.39, 0.29) is 5.91 Å². The maximum Gasteiger partial charge on any atom is 0.239 e. The number of nitrogens with two attached hydrogens (primary N) is 1. The van der Waals surface area contributed by atoms with E-state index in [2.05, 4.69) is 10.00 Å². The van der Waals surface area contributed by atoms with E-state index in [1.807, 2.05) is 29.0 Å². The van der Waals surface area contributed by atoms with E-state index in [0.717, 1.165) is 39.1 Å². The largest absolute Gasteiger partial charge is 0.340 e. The van der Waals surface area contributed by atoms with Crippen LogP contribution in [0.1, 0.15) is 18.9 Å². The topological polar surface area (TPSA) is 67.4 Å². The number of amides is 1. The first-order valence-corrected chi connectivity index (χ1v) is 6.80. The molecule has 0 bridgehead atoms. The van der Waals surface area contributed by atoms with Crippen LogP contribution >= 0.6 is 0 Å². The summed E-state index contributed by atoms with van der Waals surface area (Å²) in [7, 11) is 1.93. The quantitative estimate of drug-likeness (QED) is 0.822. The van der Waals surface area contributed by atoms with E-state index in [1.54, 1.807) is 6.92 Å². The van der Waals surface area contributed by atoms with Crippen molar-refractivity contribution in [2.45, 2.75) is 25.9 Å². The lowest BCUT2D eigenvalue weighted by atomic mass is 10.3. The zero-order valence-corrected chi connectivity index (χ0v) is 11.7. The van der Waals surface area contributed by atoms with Gasteiger partial charge in [-0.2, -0.15) is 5.10 Å². The minimum atomic E-state index is -0.398. The number of aromatic nitrogens is 2. The monoisotopic (exact) mass is 265 g/mol. The highest BCUT2D eigenvalue weighted by atomic mass is 16.2. The Balaban J connectivity index is 1.88. The van der Waals surface area contributed by atoms with Crippen molar-refractivity contribution >= 4 is 5.91 Å². The van der Waals surface area contributed by atoms with E-state index in [4.69, 9.17) is 5.73 Å². The molecule has 1 aromatic heterocycles. The van der Waals surface area contributed by atoms with E-state index in [1.165, 1.54) is 5.56 Å². The first kappa shape index (κ1) is 14.0. The van der Waals surface area contributed by atoms with E-state index < -0.39 is 6.04 Å². The van der Waals surface area contributed by atoms with E-state index in [0.29, 0.717) is 0 Å². The molecule has 6 heteroatoms. The number of aryl methyl sites for hydroxylation is 1. The van der Waals surface area contributed by atoms with Crippen LogP contribution in [0.2, 0.25) is 0 Å². The molecule has 1 saturated heterocycles. The predicted octanol–water partition coefficient (Wildman–Crippen LogP) is -0.198. The summed E-state index contributed by atoms with van der Waals surface area (Å²) >= 11 is 0. The van der Waals surface area contributed by atoms with Crippen molar-refractivity contribution in [2.24, 2.45) is 12.8 Å². The molecular weight excluding hydrogens is 242 g/mol. The van der Waals surface area contributed by atoms with Crippen LogP contribution in [0, 0.1) is 0 Å². The molecule has 1 aliphatic heterocycles. The molecule has 2 N–H and O–H groups in total. The Morgan fingerprint density at radius 1 is 1.42 bits per heavy atom. The molecule has 1 aromatic rings. The van der Waals surface area contributed by atoms with Crippen LogP contribution < -0.4 is 5.73 Å². The number of carbonyl (C=O) groups is 1. The van der Waals surface area contributed by atoms with Crippen LogP contribution in [0.5, 0.6) is 0 Å². The van der Waals surface area contributed by atoms with Crippen LogP contribution in [-0.2, 0) is 18.4 Å². The lowest BCUT2D eigenvalue weighted by Crippen LogP contribution is -2.43. The fraction of sp³-hybridized carbons (Fsp3) is 0.692. The Morgan fingerprint density at radius 2 is 2.21 bits per heavy atom. The average molecular weight is 265 g/mol. The van der Waals surface area contributed by atoms with Gasteiger partial charge in [-0.05, 0) is 13.3 Å². The van der Waals surface area contributed by atoms with Crippen LogP contribution in [0.25, 0.3) is 0 Å². The molecule has 1 amide bonds. The molecular formula is C13H23N5O. The van der Waals surface area contributed by atoms with Crippen molar-refractivity contribution in [2.75, 3.05) is 26.2 Å². The standard InChI is InChI=1S/C13H23N5O/c1-11(14)13(19)18-5-3-4-17(6-7-18)10-12-8-15-16(2)9-12/h8-9,11H,3-7,10,14H2,1-2H3/t11-/m1/s1. The van der Waals surface area contributed by atoms with Crippen LogP contribution in [-0.4, -0.2) is 57.7 Å². The third kappa shape index (κ3) is 3.78. The maximum atomic E-state index is 11.9. The molecule has 1 atom stereocenters. The van der Waals surface area contributed by atoms with Gasteiger partial charge in [0, 0.05) is 51.5 Å². The smallest absolute Gasteiger partial charge is 0.239 e. The summed E-state index contributed by atoms with van der Waals surface area (Å²) in [6, 6.07) is -0.398. The van der Waals surface area contributed by atoms with Crippen molar-refractivity contribution in [3.8, 4) is 0 Å². The third-order valence-corrected chi connectivity index (χ3v) is 3.45. The fourth-order valence-electron chi connectivity index (χ4n) is 2.45. The molecule has 0 radical (unpaired) electrons. The Kier molecular flexibility index (Phi) is 4.55. The highest BCUT2D eigenvalue weighted by Gasteiger charge is 2.21. The summed E-state index contributed by atoms with van der Waals surface area (Å²) in [5, 5.41) is 4.18. The van der Waals surface area contributed by atoms with Crippen molar-refractivity contribution in [3.05, 3.63) is 18.0 Å². The van der Waals surface area contributed by atoms with Gasteiger partial charge >= 0.3 is 0 Å². The SMILES string of the molecule is C[C@@H](N)C(=O)N1CCCN(Cc2cnn(C)c2)CC1. The van der Waals surface area contributed by atoms with Gasteiger partial charge in [0.2, 0.25) is 5.91 Å². The molecule has 1 aliphatic rings. The molecule has 0 aliphatic carbocycles. The molecule has 2 rings (SSSR count). The van der Waals surface area contributed by atoms with Gasteiger partial charge in [-0.25, -0.2) is 0 Å². The Bertz CT molecular complexity index is 428. The molecule has 0 spiro atoms. The third-order valence-electron chi connectivity index (χ3n) is 3.45. The summed E-state index contributed by atoms with van der Waals surface area (Å²) in [5.74, 6) is 0.0585. The summed E-state index contributed by atoms with van der Waals surface area (Å²) in [6.45, 7) is 6.13. The molecule has 106 valence electrons. The van der Waals surface area contributed by atoms with Crippen LogP contribution in [0.4, 0.5) is 0 Å². The zero-order valence-electron chi connectivity index (χ0n) is 11.7. The van der Waals surface area contributed by atoms with Gasteiger partial charge in [0.25, 0.3) is 0 Å². The Labute approximate surface area is 114 Å². The Hall–Kier alpha value is -1.40. The average Bonchev–Trinajstić information content (AvgIpc) is 2.63. The van der Waals surface area contributed by atoms with Gasteiger partial charge in [0.1, 0.15) is 0 Å². The molecule has 2 heterocycles. The maximum absolute atomic E-state index is 11.9. The van der Waals surface area contributed by atoms with Gasteiger partial charge < -0.3 is 10.6 Å². The summed E-state index contributed by atoms with van der Waals surface area (Å²) in [6.07, 6.45) is 4.93. The van der Waals surface area contributed by atoms with Gasteiger partial charge in [-0.15, -0.1) is 0 Å². The van der Waals surface area contributed by atoms with Gasteiger partial charge in [-0.1, -0.05) is 0 Å². The Morgan fingerprint density at radius 3 is 2.84 bits per heavy atom. The molecule has 0 unspecified atom stereocenters. The zero-order chi connectivity index (χ0) is 13.8. The first-order valence-electron chi connectivity index (χ1n) is 6.80. The normalized spacial score (nSPS) is 19.2. The summed E-state index contributed by atoms with van der Waals surface area (Å²) in [4.78, 5) is 16.1. The minimum Gasteiger partial charge on any atom is -0.340 e. The van der Waals surface area contributed by atoms with Gasteiger partial charge in [0.05, 0.1) is 12.2 Å². The van der Waals surface area contributed by atoms with Crippen molar-refractivity contribution in [3.63, 3.8) is 0 Å². The minimum absolute atomic E-state index is 0.0585. The second-order valence-corrected chi connectivity index (χ2v) is 5.27. The number of carbonyl (C=O) groups excluding carboxylic acids is 1. The fourth-order valence-corrected chi connectivity index (χ4v) is 2.45. The van der Waals surface area contributed by atoms with Crippen molar-refractivity contribution in [1.82, 2.24) is 19.6 Å². The highest BCUT2D eigenvalue weighted by molar-refractivity contribution is 5.81. The lowest BCUT2D eigenvalue weighted by Gasteiger charge is -2.23. The van der Waals surface area contributed by atoms with Crippen molar-refractivity contribution in [1.29, 1.82) is 0 Å². The number of nitrogens with zero attached hydrogens (tertiary/aromatic N) is 4. The number of hydrogen-bond donors (Lipinski definition) is 1. The molecule has 0 aromatic carbocycles. The second kappa shape index (κ2) is 6.16. The van der Waals surface area contributed by atoms with E-state index in [9.17, 15) is 4.79 Å². The molecule has 19 heavy (non-hydrogen) atoms. The van der Waals surface area contributed by atoms with Crippen molar-refractivity contribution < 1.29 is 4.79 Å². The summed E-state index contributed by atoms with van der Waals surface area (Å²) < 4.78 is 1.82. The summed E-state index contributed by atoms with van der Waals surface area (Å²) in [5.41, 5.74) is 6.88. The van der Waals surface area contributed by atoms with Gasteiger partial charge in [-0.3, -0.25) is 14.4 Å².